The van der Waals surface area contributed by atoms with E-state index in [2.05, 4.69) is 10.2 Å². The summed E-state index contributed by atoms with van der Waals surface area (Å²) in [7, 11) is -2.43. The molecule has 1 unspecified atom stereocenters. The molecule has 8 heteroatoms. The monoisotopic (exact) mass is 339 g/mol. The Balaban J connectivity index is 1.83. The Bertz CT molecular complexity index is 711. The van der Waals surface area contributed by atoms with Crippen molar-refractivity contribution in [2.45, 2.75) is 23.8 Å². The lowest BCUT2D eigenvalue weighted by Crippen LogP contribution is -2.57. The predicted molar refractivity (Wildman–Crippen MR) is 84.8 cm³/mol. The molecule has 3 heterocycles. The SMILES string of the molecule is COc1ccc(S(N)(=O)=O)cc1C(=O)NC1CN2CCC1CC2. The van der Waals surface area contributed by atoms with Gasteiger partial charge < -0.3 is 15.0 Å². The number of amides is 1. The molecule has 3 N–H and O–H groups in total. The third kappa shape index (κ3) is 3.34. The summed E-state index contributed by atoms with van der Waals surface area (Å²) in [5.74, 6) is 0.485. The number of benzene rings is 1. The minimum absolute atomic E-state index is 0.0906. The quantitative estimate of drug-likeness (QED) is 0.814. The van der Waals surface area contributed by atoms with Crippen LogP contribution in [0.25, 0.3) is 0 Å². The number of ether oxygens (including phenoxy) is 1. The van der Waals surface area contributed by atoms with Gasteiger partial charge in [0.2, 0.25) is 10.0 Å². The molecule has 1 amide bonds. The second kappa shape index (κ2) is 6.10. The third-order valence-corrected chi connectivity index (χ3v) is 5.63. The van der Waals surface area contributed by atoms with E-state index in [0.29, 0.717) is 11.7 Å². The number of sulfonamides is 1. The Morgan fingerprint density at radius 3 is 2.57 bits per heavy atom. The van der Waals surface area contributed by atoms with Crippen LogP contribution in [-0.2, 0) is 10.0 Å². The van der Waals surface area contributed by atoms with Crippen LogP contribution in [0.15, 0.2) is 23.1 Å². The zero-order chi connectivity index (χ0) is 16.6. The van der Waals surface area contributed by atoms with Gasteiger partial charge in [-0.3, -0.25) is 4.79 Å². The number of carbonyl (C=O) groups excluding carboxylic acids is 1. The van der Waals surface area contributed by atoms with Crippen molar-refractivity contribution in [3.05, 3.63) is 23.8 Å². The van der Waals surface area contributed by atoms with E-state index in [1.165, 1.54) is 25.3 Å². The van der Waals surface area contributed by atoms with Crippen LogP contribution in [0.4, 0.5) is 0 Å². The molecular formula is C15H21N3O4S. The van der Waals surface area contributed by atoms with Gasteiger partial charge in [-0.1, -0.05) is 0 Å². The second-order valence-corrected chi connectivity index (χ2v) is 7.69. The van der Waals surface area contributed by atoms with Crippen LogP contribution in [-0.4, -0.2) is 52.0 Å². The fraction of sp³-hybridized carbons (Fsp3) is 0.533. The number of nitrogens with two attached hydrogens (primary N) is 1. The molecule has 0 spiro atoms. The first-order valence-corrected chi connectivity index (χ1v) is 9.17. The van der Waals surface area contributed by atoms with Crippen molar-refractivity contribution in [1.82, 2.24) is 10.2 Å². The summed E-state index contributed by atoms with van der Waals surface area (Å²) in [5.41, 5.74) is 0.190. The third-order valence-electron chi connectivity index (χ3n) is 4.72. The van der Waals surface area contributed by atoms with Gasteiger partial charge in [0.1, 0.15) is 5.75 Å². The number of rotatable bonds is 4. The molecule has 7 nitrogen and oxygen atoms in total. The van der Waals surface area contributed by atoms with Crippen LogP contribution in [0.2, 0.25) is 0 Å². The van der Waals surface area contributed by atoms with Gasteiger partial charge in [-0.25, -0.2) is 13.6 Å². The van der Waals surface area contributed by atoms with Crippen LogP contribution in [0, 0.1) is 5.92 Å². The lowest BCUT2D eigenvalue weighted by atomic mass is 9.84. The summed E-state index contributed by atoms with van der Waals surface area (Å²) in [6.07, 6.45) is 2.17. The van der Waals surface area contributed by atoms with Crippen LogP contribution in [0.3, 0.4) is 0 Å². The molecule has 126 valence electrons. The van der Waals surface area contributed by atoms with Crippen molar-refractivity contribution in [3.63, 3.8) is 0 Å². The summed E-state index contributed by atoms with van der Waals surface area (Å²) in [4.78, 5) is 14.8. The first kappa shape index (κ1) is 16.2. The Morgan fingerprint density at radius 1 is 1.35 bits per heavy atom. The summed E-state index contributed by atoms with van der Waals surface area (Å²) in [5, 5.41) is 8.17. The van der Waals surface area contributed by atoms with Crippen LogP contribution >= 0.6 is 0 Å². The topological polar surface area (TPSA) is 102 Å². The van der Waals surface area contributed by atoms with E-state index in [9.17, 15) is 13.2 Å². The molecule has 0 aliphatic carbocycles. The smallest absolute Gasteiger partial charge is 0.255 e. The molecule has 4 rings (SSSR count). The van der Waals surface area contributed by atoms with E-state index in [1.807, 2.05) is 0 Å². The van der Waals surface area contributed by atoms with Crippen LogP contribution in [0.5, 0.6) is 5.75 Å². The van der Waals surface area contributed by atoms with Gasteiger partial charge in [0.05, 0.1) is 17.6 Å². The van der Waals surface area contributed by atoms with Crippen LogP contribution in [0.1, 0.15) is 23.2 Å². The Morgan fingerprint density at radius 2 is 2.04 bits per heavy atom. The van der Waals surface area contributed by atoms with E-state index >= 15 is 0 Å². The van der Waals surface area contributed by atoms with E-state index in [0.717, 1.165) is 32.5 Å². The summed E-state index contributed by atoms with van der Waals surface area (Å²) >= 11 is 0. The number of hydrogen-bond donors (Lipinski definition) is 2. The number of hydrogen-bond acceptors (Lipinski definition) is 5. The highest BCUT2D eigenvalue weighted by atomic mass is 32.2. The predicted octanol–water partition coefficient (Wildman–Crippen LogP) is 0.167. The Hall–Kier alpha value is -1.64. The van der Waals surface area contributed by atoms with Gasteiger partial charge in [0.25, 0.3) is 5.91 Å². The van der Waals surface area contributed by atoms with Crippen molar-refractivity contribution in [1.29, 1.82) is 0 Å². The maximum Gasteiger partial charge on any atom is 0.255 e. The number of piperidine rings is 3. The molecular weight excluding hydrogens is 318 g/mol. The lowest BCUT2D eigenvalue weighted by molar-refractivity contribution is 0.0619. The van der Waals surface area contributed by atoms with Crippen LogP contribution < -0.4 is 15.2 Å². The molecule has 3 aliphatic rings. The zero-order valence-electron chi connectivity index (χ0n) is 13.0. The number of nitrogens with one attached hydrogen (secondary N) is 1. The molecule has 0 aromatic heterocycles. The number of primary sulfonamides is 1. The first-order chi connectivity index (χ1) is 10.9. The molecule has 23 heavy (non-hydrogen) atoms. The van der Waals surface area contributed by atoms with E-state index < -0.39 is 10.0 Å². The largest absolute Gasteiger partial charge is 0.496 e. The highest BCUT2D eigenvalue weighted by Gasteiger charge is 2.35. The number of carbonyl (C=O) groups is 1. The molecule has 1 aromatic rings. The minimum atomic E-state index is -3.87. The summed E-state index contributed by atoms with van der Waals surface area (Å²) < 4.78 is 28.2. The maximum absolute atomic E-state index is 12.6. The minimum Gasteiger partial charge on any atom is -0.496 e. The highest BCUT2D eigenvalue weighted by Crippen LogP contribution is 2.28. The van der Waals surface area contributed by atoms with Crippen molar-refractivity contribution >= 4 is 15.9 Å². The van der Waals surface area contributed by atoms with E-state index in [4.69, 9.17) is 9.88 Å². The fourth-order valence-corrected chi connectivity index (χ4v) is 3.96. The molecule has 3 saturated heterocycles. The zero-order valence-corrected chi connectivity index (χ0v) is 13.8. The van der Waals surface area contributed by atoms with Crippen molar-refractivity contribution < 1.29 is 17.9 Å². The summed E-state index contributed by atoms with van der Waals surface area (Å²) in [6, 6.07) is 4.14. The van der Waals surface area contributed by atoms with E-state index in [-0.39, 0.29) is 22.4 Å². The Labute approximate surface area is 135 Å². The average molecular weight is 339 g/mol. The van der Waals surface area contributed by atoms with E-state index in [1.54, 1.807) is 0 Å². The second-order valence-electron chi connectivity index (χ2n) is 6.13. The molecule has 3 fully saturated rings. The molecule has 2 bridgehead atoms. The number of fused-ring (bicyclic) bond motifs is 3. The average Bonchev–Trinajstić information content (AvgIpc) is 2.54. The van der Waals surface area contributed by atoms with Gasteiger partial charge in [-0.2, -0.15) is 0 Å². The first-order valence-electron chi connectivity index (χ1n) is 7.62. The molecule has 3 aliphatic heterocycles. The number of nitrogens with zero attached hydrogens (tertiary/aromatic N) is 1. The molecule has 0 saturated carbocycles. The fourth-order valence-electron chi connectivity index (χ4n) is 3.42. The molecule has 0 radical (unpaired) electrons. The highest BCUT2D eigenvalue weighted by molar-refractivity contribution is 7.89. The van der Waals surface area contributed by atoms with Gasteiger partial charge >= 0.3 is 0 Å². The molecule has 1 atom stereocenters. The maximum atomic E-state index is 12.6. The lowest BCUT2D eigenvalue weighted by Gasteiger charge is -2.44. The van der Waals surface area contributed by atoms with Gasteiger partial charge in [-0.05, 0) is 50.0 Å². The van der Waals surface area contributed by atoms with Crippen molar-refractivity contribution in [2.75, 3.05) is 26.7 Å². The summed E-state index contributed by atoms with van der Waals surface area (Å²) in [6.45, 7) is 3.01. The van der Waals surface area contributed by atoms with Gasteiger partial charge in [0, 0.05) is 12.6 Å². The van der Waals surface area contributed by atoms with Gasteiger partial charge in [-0.15, -0.1) is 0 Å². The van der Waals surface area contributed by atoms with Crippen molar-refractivity contribution in [3.8, 4) is 5.75 Å². The Kier molecular flexibility index (Phi) is 4.31. The normalized spacial score (nSPS) is 26.8. The van der Waals surface area contributed by atoms with Crippen molar-refractivity contribution in [2.24, 2.45) is 11.1 Å². The number of methoxy groups -OCH3 is 1. The van der Waals surface area contributed by atoms with Gasteiger partial charge in [0.15, 0.2) is 0 Å². The standard InChI is InChI=1S/C15H21N3O4S/c1-22-14-3-2-11(23(16,20)21)8-12(14)15(19)17-13-9-18-6-4-10(13)5-7-18/h2-3,8,10,13H,4-7,9H2,1H3,(H,17,19)(H2,16,20,21). The molecule has 1 aromatic carbocycles.